The second-order valence-electron chi connectivity index (χ2n) is 4.73. The van der Waals surface area contributed by atoms with Gasteiger partial charge < -0.3 is 15.0 Å². The van der Waals surface area contributed by atoms with E-state index >= 15 is 0 Å². The number of nitrogens with one attached hydrogen (secondary N) is 1. The molecule has 0 aromatic rings. The van der Waals surface area contributed by atoms with Gasteiger partial charge in [0.2, 0.25) is 11.8 Å². The molecule has 6 heteroatoms. The Kier molecular flexibility index (Phi) is 3.84. The van der Waals surface area contributed by atoms with Crippen molar-refractivity contribution in [3.8, 4) is 0 Å². The minimum atomic E-state index is -0.492. The molecule has 0 bridgehead atoms. The normalized spacial score (nSPS) is 27.8. The zero-order valence-electron chi connectivity index (χ0n) is 10.5. The number of ether oxygens (including phenoxy) is 1. The Labute approximate surface area is 106 Å². The Morgan fingerprint density at radius 2 is 2.11 bits per heavy atom. The van der Waals surface area contributed by atoms with Crippen molar-refractivity contribution in [3.63, 3.8) is 0 Å². The number of carbonyl (C=O) groups excluding carboxylic acids is 3. The van der Waals surface area contributed by atoms with Gasteiger partial charge >= 0.3 is 5.97 Å². The molecule has 2 aliphatic rings. The molecule has 2 heterocycles. The highest BCUT2D eigenvalue weighted by Crippen LogP contribution is 2.21. The number of carbonyl (C=O) groups is 3. The zero-order valence-corrected chi connectivity index (χ0v) is 10.5. The number of esters is 1. The van der Waals surface area contributed by atoms with Gasteiger partial charge in [0.05, 0.1) is 7.11 Å². The van der Waals surface area contributed by atoms with Gasteiger partial charge in [0, 0.05) is 13.0 Å². The van der Waals surface area contributed by atoms with Crippen LogP contribution in [0.5, 0.6) is 0 Å². The second kappa shape index (κ2) is 5.37. The molecule has 6 nitrogen and oxygen atoms in total. The van der Waals surface area contributed by atoms with Crippen molar-refractivity contribution < 1.29 is 19.1 Å². The number of piperidine rings is 1. The van der Waals surface area contributed by atoms with Gasteiger partial charge in [0.1, 0.15) is 12.1 Å². The summed E-state index contributed by atoms with van der Waals surface area (Å²) in [5.41, 5.74) is 0. The molecule has 1 unspecified atom stereocenters. The standard InChI is InChI=1S/C12H18N2O4/c1-18-12(17)9-4-2-3-7-14(9)11(16)8-5-6-10(15)13-8/h8-9H,2-7H2,1H3,(H,13,15)/t8?,9-/m1/s1. The third-order valence-electron chi connectivity index (χ3n) is 3.55. The molecule has 1 N–H and O–H groups in total. The van der Waals surface area contributed by atoms with E-state index in [0.29, 0.717) is 25.8 Å². The molecule has 2 saturated heterocycles. The number of rotatable bonds is 2. The van der Waals surface area contributed by atoms with Crippen molar-refractivity contribution in [2.45, 2.75) is 44.2 Å². The van der Waals surface area contributed by atoms with Gasteiger partial charge in [-0.05, 0) is 25.7 Å². The van der Waals surface area contributed by atoms with Crippen LogP contribution in [0.3, 0.4) is 0 Å². The van der Waals surface area contributed by atoms with Crippen LogP contribution in [-0.4, -0.2) is 48.4 Å². The van der Waals surface area contributed by atoms with E-state index in [-0.39, 0.29) is 17.8 Å². The molecule has 2 aliphatic heterocycles. The lowest BCUT2D eigenvalue weighted by molar-refractivity contribution is -0.155. The fraction of sp³-hybridized carbons (Fsp3) is 0.750. The number of likely N-dealkylation sites (tertiary alicyclic amines) is 1. The average molecular weight is 254 g/mol. The van der Waals surface area contributed by atoms with Crippen molar-refractivity contribution in [1.29, 1.82) is 0 Å². The van der Waals surface area contributed by atoms with Crippen LogP contribution in [0.15, 0.2) is 0 Å². The van der Waals surface area contributed by atoms with E-state index in [1.54, 1.807) is 4.90 Å². The molecular formula is C12H18N2O4. The first kappa shape index (κ1) is 12.9. The second-order valence-corrected chi connectivity index (χ2v) is 4.73. The molecule has 0 aromatic heterocycles. The Morgan fingerprint density at radius 1 is 1.33 bits per heavy atom. The van der Waals surface area contributed by atoms with Crippen LogP contribution in [0.25, 0.3) is 0 Å². The van der Waals surface area contributed by atoms with E-state index in [1.807, 2.05) is 0 Å². The molecule has 0 aliphatic carbocycles. The molecule has 2 fully saturated rings. The van der Waals surface area contributed by atoms with E-state index in [1.165, 1.54) is 7.11 Å². The third kappa shape index (κ3) is 2.47. The number of amides is 2. The van der Waals surface area contributed by atoms with E-state index < -0.39 is 12.1 Å². The molecule has 2 amide bonds. The number of hydrogen-bond acceptors (Lipinski definition) is 4. The Hall–Kier alpha value is -1.59. The summed E-state index contributed by atoms with van der Waals surface area (Å²) in [5, 5.41) is 2.65. The smallest absolute Gasteiger partial charge is 0.328 e. The van der Waals surface area contributed by atoms with Gasteiger partial charge in [-0.1, -0.05) is 0 Å². The summed E-state index contributed by atoms with van der Waals surface area (Å²) in [5.74, 6) is -0.622. The summed E-state index contributed by atoms with van der Waals surface area (Å²) < 4.78 is 4.73. The monoisotopic (exact) mass is 254 g/mol. The molecule has 0 saturated carbocycles. The molecule has 2 rings (SSSR count). The highest BCUT2D eigenvalue weighted by molar-refractivity contribution is 5.93. The van der Waals surface area contributed by atoms with E-state index in [2.05, 4.69) is 5.32 Å². The molecule has 18 heavy (non-hydrogen) atoms. The fourth-order valence-electron chi connectivity index (χ4n) is 2.58. The van der Waals surface area contributed by atoms with Crippen LogP contribution in [-0.2, 0) is 19.1 Å². The summed E-state index contributed by atoms with van der Waals surface area (Å²) >= 11 is 0. The topological polar surface area (TPSA) is 75.7 Å². The summed E-state index contributed by atoms with van der Waals surface area (Å²) in [6, 6.07) is -0.962. The zero-order chi connectivity index (χ0) is 13.1. The van der Waals surface area contributed by atoms with Crippen LogP contribution in [0.1, 0.15) is 32.1 Å². The first-order valence-corrected chi connectivity index (χ1v) is 6.31. The van der Waals surface area contributed by atoms with Gasteiger partial charge in [0.15, 0.2) is 0 Å². The van der Waals surface area contributed by atoms with Crippen LogP contribution >= 0.6 is 0 Å². The molecule has 0 spiro atoms. The molecule has 100 valence electrons. The minimum absolute atomic E-state index is 0.0972. The van der Waals surface area contributed by atoms with Gasteiger partial charge in [-0.15, -0.1) is 0 Å². The lowest BCUT2D eigenvalue weighted by Gasteiger charge is -2.35. The lowest BCUT2D eigenvalue weighted by Crippen LogP contribution is -2.53. The Bertz CT molecular complexity index is 369. The summed E-state index contributed by atoms with van der Waals surface area (Å²) in [7, 11) is 1.33. The largest absolute Gasteiger partial charge is 0.467 e. The van der Waals surface area contributed by atoms with Gasteiger partial charge in [0.25, 0.3) is 0 Å². The maximum atomic E-state index is 12.3. The highest BCUT2D eigenvalue weighted by atomic mass is 16.5. The molecule has 0 radical (unpaired) electrons. The van der Waals surface area contributed by atoms with E-state index in [4.69, 9.17) is 4.74 Å². The fourth-order valence-corrected chi connectivity index (χ4v) is 2.58. The number of methoxy groups -OCH3 is 1. The molecule has 0 aromatic carbocycles. The van der Waals surface area contributed by atoms with Crippen molar-refractivity contribution in [2.24, 2.45) is 0 Å². The van der Waals surface area contributed by atoms with E-state index in [0.717, 1.165) is 12.8 Å². The Balaban J connectivity index is 2.06. The summed E-state index contributed by atoms with van der Waals surface area (Å²) in [6.07, 6.45) is 3.34. The summed E-state index contributed by atoms with van der Waals surface area (Å²) in [4.78, 5) is 36.6. The predicted molar refractivity (Wildman–Crippen MR) is 62.5 cm³/mol. The maximum absolute atomic E-state index is 12.3. The van der Waals surface area contributed by atoms with Gasteiger partial charge in [-0.2, -0.15) is 0 Å². The first-order chi connectivity index (χ1) is 8.63. The quantitative estimate of drug-likeness (QED) is 0.694. The van der Waals surface area contributed by atoms with Crippen LogP contribution < -0.4 is 5.32 Å². The lowest BCUT2D eigenvalue weighted by atomic mass is 10.0. The highest BCUT2D eigenvalue weighted by Gasteiger charge is 2.38. The number of hydrogen-bond donors (Lipinski definition) is 1. The van der Waals surface area contributed by atoms with Crippen molar-refractivity contribution in [3.05, 3.63) is 0 Å². The van der Waals surface area contributed by atoms with Crippen molar-refractivity contribution >= 4 is 17.8 Å². The SMILES string of the molecule is COC(=O)[C@H]1CCCCN1C(=O)C1CCC(=O)N1. The van der Waals surface area contributed by atoms with Crippen LogP contribution in [0.4, 0.5) is 0 Å². The van der Waals surface area contributed by atoms with Crippen molar-refractivity contribution in [2.75, 3.05) is 13.7 Å². The van der Waals surface area contributed by atoms with Crippen molar-refractivity contribution in [1.82, 2.24) is 10.2 Å². The molecular weight excluding hydrogens is 236 g/mol. The first-order valence-electron chi connectivity index (χ1n) is 6.31. The average Bonchev–Trinajstić information content (AvgIpc) is 2.83. The maximum Gasteiger partial charge on any atom is 0.328 e. The Morgan fingerprint density at radius 3 is 2.72 bits per heavy atom. The minimum Gasteiger partial charge on any atom is -0.467 e. The predicted octanol–water partition coefficient (Wildman–Crippen LogP) is -0.181. The number of nitrogens with zero attached hydrogens (tertiary/aromatic N) is 1. The summed E-state index contributed by atoms with van der Waals surface area (Å²) in [6.45, 7) is 0.560. The van der Waals surface area contributed by atoms with Gasteiger partial charge in [-0.25, -0.2) is 4.79 Å². The van der Waals surface area contributed by atoms with E-state index in [9.17, 15) is 14.4 Å². The van der Waals surface area contributed by atoms with Crippen LogP contribution in [0, 0.1) is 0 Å². The van der Waals surface area contributed by atoms with Gasteiger partial charge in [-0.3, -0.25) is 9.59 Å². The third-order valence-corrected chi connectivity index (χ3v) is 3.55. The molecule has 2 atom stereocenters. The van der Waals surface area contributed by atoms with Crippen LogP contribution in [0.2, 0.25) is 0 Å².